The molecular weight excluding hydrogens is 534 g/mol. The number of allylic oxidation sites excluding steroid dienone is 2. The number of hydrogen-bond acceptors (Lipinski definition) is 7. The number of carbonyl (C=O) groups excluding carboxylic acids is 2. The van der Waals surface area contributed by atoms with E-state index < -0.39 is 41.4 Å². The van der Waals surface area contributed by atoms with Crippen molar-refractivity contribution in [3.63, 3.8) is 0 Å². The minimum atomic E-state index is -1.30. The van der Waals surface area contributed by atoms with Crippen LogP contribution in [0.1, 0.15) is 24.1 Å². The zero-order valence-electron chi connectivity index (χ0n) is 21.0. The summed E-state index contributed by atoms with van der Waals surface area (Å²) in [5.74, 6) is -3.73. The number of nitrogens with zero attached hydrogens (tertiary/aromatic N) is 1. The molecule has 12 heteroatoms. The van der Waals surface area contributed by atoms with E-state index in [1.807, 2.05) is 0 Å². The summed E-state index contributed by atoms with van der Waals surface area (Å²) in [5.41, 5.74) is 5.13. The van der Waals surface area contributed by atoms with Gasteiger partial charge in [-0.25, -0.2) is 13.8 Å². The first-order valence-electron chi connectivity index (χ1n) is 11.7. The van der Waals surface area contributed by atoms with Crippen LogP contribution < -0.4 is 15.8 Å². The number of aromatic nitrogens is 1. The molecule has 2 amide bonds. The highest BCUT2D eigenvalue weighted by Crippen LogP contribution is 2.46. The number of benzene rings is 1. The Labute approximate surface area is 227 Å². The third kappa shape index (κ3) is 5.02. The number of aliphatic hydroxyl groups is 1. The number of hydrogen-bond donors (Lipinski definition) is 4. The first-order chi connectivity index (χ1) is 18.4. The SMILES string of the molecule is C=C1C=C(C(=O)NC[C@@H](CO)c2cc3c(c(-c4cc(Cl)c(F)cc4F)n2)OC[C@]3(C)C(N)=O)C=C(OC)C1=N. The molecule has 1 aromatic heterocycles. The summed E-state index contributed by atoms with van der Waals surface area (Å²) in [6.45, 7) is 4.55. The van der Waals surface area contributed by atoms with Crippen LogP contribution in [-0.4, -0.2) is 54.5 Å². The van der Waals surface area contributed by atoms with Gasteiger partial charge in [-0.3, -0.25) is 15.0 Å². The Kier molecular flexibility index (Phi) is 7.58. The lowest BCUT2D eigenvalue weighted by Gasteiger charge is -2.22. The Balaban J connectivity index is 1.73. The van der Waals surface area contributed by atoms with Gasteiger partial charge in [-0.05, 0) is 36.8 Å². The molecule has 0 bridgehead atoms. The molecule has 1 aromatic carbocycles. The van der Waals surface area contributed by atoms with Gasteiger partial charge >= 0.3 is 0 Å². The Hall–Kier alpha value is -4.09. The van der Waals surface area contributed by atoms with Gasteiger partial charge < -0.3 is 25.6 Å². The minimum absolute atomic E-state index is 0.0463. The number of amides is 2. The molecule has 0 unspecified atom stereocenters. The predicted molar refractivity (Wildman–Crippen MR) is 140 cm³/mol. The molecule has 5 N–H and O–H groups in total. The molecule has 9 nitrogen and oxygen atoms in total. The Morgan fingerprint density at radius 3 is 2.69 bits per heavy atom. The number of pyridine rings is 1. The molecule has 39 heavy (non-hydrogen) atoms. The van der Waals surface area contributed by atoms with Crippen LogP contribution in [0.15, 0.2) is 53.8 Å². The van der Waals surface area contributed by atoms with Gasteiger partial charge in [-0.2, -0.15) is 0 Å². The second-order valence-electron chi connectivity index (χ2n) is 9.31. The van der Waals surface area contributed by atoms with E-state index in [4.69, 9.17) is 32.2 Å². The number of halogens is 3. The summed E-state index contributed by atoms with van der Waals surface area (Å²) in [4.78, 5) is 29.7. The standard InChI is InChI=1S/C27H25ClF2N4O5/c1-12-4-13(5-21(38-3)22(12)31)25(36)33-9-14(10-35)20-7-16-24(39-11-27(16,2)26(32)37)23(34-20)15-6-17(28)19(30)8-18(15)29/h4-8,14,31,35H,1,9-11H2,2-3H3,(H2,32,37)(H,33,36)/t14-,27-/m0/s1. The van der Waals surface area contributed by atoms with Crippen molar-refractivity contribution < 1.29 is 33.0 Å². The molecule has 0 saturated heterocycles. The van der Waals surface area contributed by atoms with Gasteiger partial charge in [-0.15, -0.1) is 0 Å². The van der Waals surface area contributed by atoms with Gasteiger partial charge in [0.2, 0.25) is 5.91 Å². The van der Waals surface area contributed by atoms with E-state index in [1.54, 1.807) is 6.92 Å². The van der Waals surface area contributed by atoms with Crippen molar-refractivity contribution in [3.8, 4) is 17.0 Å². The molecule has 204 valence electrons. The number of nitrogens with two attached hydrogens (primary N) is 1. The normalized spacial score (nSPS) is 19.0. The summed E-state index contributed by atoms with van der Waals surface area (Å²) in [6.07, 6.45) is 2.82. The van der Waals surface area contributed by atoms with E-state index in [0.29, 0.717) is 11.6 Å². The summed E-state index contributed by atoms with van der Waals surface area (Å²) in [6, 6.07) is 3.17. The number of fused-ring (bicyclic) bond motifs is 1. The zero-order valence-corrected chi connectivity index (χ0v) is 21.8. The lowest BCUT2D eigenvalue weighted by Crippen LogP contribution is -2.40. The van der Waals surface area contributed by atoms with Crippen LogP contribution in [0.3, 0.4) is 0 Å². The van der Waals surface area contributed by atoms with Gasteiger partial charge in [0.15, 0.2) is 0 Å². The van der Waals surface area contributed by atoms with Crippen molar-refractivity contribution in [2.45, 2.75) is 18.3 Å². The zero-order chi connectivity index (χ0) is 28.6. The third-order valence-electron chi connectivity index (χ3n) is 6.72. The van der Waals surface area contributed by atoms with Gasteiger partial charge in [-0.1, -0.05) is 18.2 Å². The fourth-order valence-electron chi connectivity index (χ4n) is 4.25. The Morgan fingerprint density at radius 2 is 2.05 bits per heavy atom. The molecule has 0 saturated carbocycles. The number of aliphatic hydroxyl groups excluding tert-OH is 1. The number of methoxy groups -OCH3 is 1. The molecule has 2 heterocycles. The fraction of sp³-hybridized carbons (Fsp3) is 0.259. The maximum atomic E-state index is 14.9. The average molecular weight is 559 g/mol. The van der Waals surface area contributed by atoms with E-state index in [2.05, 4.69) is 16.9 Å². The summed E-state index contributed by atoms with van der Waals surface area (Å²) < 4.78 is 39.6. The fourth-order valence-corrected chi connectivity index (χ4v) is 4.41. The minimum Gasteiger partial charge on any atom is -0.494 e. The first-order valence-corrected chi connectivity index (χ1v) is 12.1. The molecule has 2 atom stereocenters. The summed E-state index contributed by atoms with van der Waals surface area (Å²) >= 11 is 5.91. The molecular formula is C27H25ClF2N4O5. The first kappa shape index (κ1) is 27.9. The molecule has 1 aliphatic heterocycles. The second-order valence-corrected chi connectivity index (χ2v) is 9.71. The van der Waals surface area contributed by atoms with Gasteiger partial charge in [0.25, 0.3) is 5.91 Å². The molecule has 0 radical (unpaired) electrons. The number of nitrogens with one attached hydrogen (secondary N) is 2. The van der Waals surface area contributed by atoms with E-state index >= 15 is 0 Å². The van der Waals surface area contributed by atoms with Crippen molar-refractivity contribution in [2.24, 2.45) is 5.73 Å². The molecule has 2 aliphatic rings. The largest absolute Gasteiger partial charge is 0.494 e. The van der Waals surface area contributed by atoms with Gasteiger partial charge in [0.1, 0.15) is 46.6 Å². The smallest absolute Gasteiger partial charge is 0.251 e. The van der Waals surface area contributed by atoms with Crippen molar-refractivity contribution in [3.05, 3.63) is 81.7 Å². The predicted octanol–water partition coefficient (Wildman–Crippen LogP) is 3.05. The Morgan fingerprint density at radius 1 is 1.33 bits per heavy atom. The van der Waals surface area contributed by atoms with Crippen molar-refractivity contribution in [2.75, 3.05) is 26.9 Å². The van der Waals surface area contributed by atoms with E-state index in [9.17, 15) is 23.5 Å². The highest BCUT2D eigenvalue weighted by atomic mass is 35.5. The third-order valence-corrected chi connectivity index (χ3v) is 7.00. The summed E-state index contributed by atoms with van der Waals surface area (Å²) in [7, 11) is 1.37. The van der Waals surface area contributed by atoms with E-state index in [-0.39, 0.29) is 63.5 Å². The monoisotopic (exact) mass is 558 g/mol. The van der Waals surface area contributed by atoms with Crippen LogP contribution in [0, 0.1) is 17.0 Å². The maximum Gasteiger partial charge on any atom is 0.251 e. The molecule has 0 fully saturated rings. The highest BCUT2D eigenvalue weighted by Gasteiger charge is 2.44. The van der Waals surface area contributed by atoms with Crippen LogP contribution >= 0.6 is 11.6 Å². The molecule has 4 rings (SSSR count). The lowest BCUT2D eigenvalue weighted by molar-refractivity contribution is -0.123. The summed E-state index contributed by atoms with van der Waals surface area (Å²) in [5, 5.41) is 20.5. The lowest BCUT2D eigenvalue weighted by atomic mass is 9.82. The van der Waals surface area contributed by atoms with Gasteiger partial charge in [0.05, 0.1) is 18.7 Å². The van der Waals surface area contributed by atoms with Crippen LogP contribution in [-0.2, 0) is 19.7 Å². The van der Waals surface area contributed by atoms with Crippen LogP contribution in [0.25, 0.3) is 11.3 Å². The number of rotatable bonds is 8. The quantitative estimate of drug-likeness (QED) is 0.366. The van der Waals surface area contributed by atoms with Gasteiger partial charge in [0, 0.05) is 40.9 Å². The molecule has 2 aromatic rings. The van der Waals surface area contributed by atoms with Crippen LogP contribution in [0.4, 0.5) is 8.78 Å². The van der Waals surface area contributed by atoms with Crippen molar-refractivity contribution in [1.82, 2.24) is 10.3 Å². The highest BCUT2D eigenvalue weighted by molar-refractivity contribution is 6.31. The second kappa shape index (κ2) is 10.6. The van der Waals surface area contributed by atoms with E-state index in [0.717, 1.165) is 6.07 Å². The van der Waals surface area contributed by atoms with Crippen LogP contribution in [0.5, 0.6) is 5.75 Å². The average Bonchev–Trinajstić information content (AvgIpc) is 3.25. The maximum absolute atomic E-state index is 14.9. The van der Waals surface area contributed by atoms with Crippen LogP contribution in [0.2, 0.25) is 5.02 Å². The molecule has 1 aliphatic carbocycles. The topological polar surface area (TPSA) is 148 Å². The molecule has 0 spiro atoms. The number of primary amides is 1. The van der Waals surface area contributed by atoms with Crippen molar-refractivity contribution in [1.29, 1.82) is 5.41 Å². The van der Waals surface area contributed by atoms with Crippen molar-refractivity contribution >= 4 is 29.1 Å². The van der Waals surface area contributed by atoms with E-state index in [1.165, 1.54) is 25.3 Å². The number of ether oxygens (including phenoxy) is 2. The number of carbonyl (C=O) groups is 2. The Bertz CT molecular complexity index is 1490.